The van der Waals surface area contributed by atoms with Gasteiger partial charge < -0.3 is 0 Å². The van der Waals surface area contributed by atoms with Gasteiger partial charge in [0.2, 0.25) is 0 Å². The van der Waals surface area contributed by atoms with Gasteiger partial charge in [0.1, 0.15) is 0 Å². The molecule has 0 unspecified atom stereocenters. The molecule has 0 spiro atoms. The van der Waals surface area contributed by atoms with E-state index in [4.69, 9.17) is 0 Å². The molecular weight excluding hydrogens is 151 g/mol. The van der Waals surface area contributed by atoms with Crippen molar-refractivity contribution in [2.24, 2.45) is 0 Å². The lowest BCUT2D eigenvalue weighted by molar-refractivity contribution is 1.35. The highest BCUT2D eigenvalue weighted by Gasteiger charge is 2.00. The number of hydrogen-bond donors (Lipinski definition) is 0. The van der Waals surface area contributed by atoms with Crippen LogP contribution in [0.5, 0.6) is 0 Å². The van der Waals surface area contributed by atoms with E-state index in [2.05, 4.69) is 44.6 Å². The third-order valence-corrected chi connectivity index (χ3v) is 3.30. The lowest BCUT2D eigenvalue weighted by Gasteiger charge is -2.06. The first kappa shape index (κ1) is 8.74. The molecule has 1 aliphatic carbocycles. The molecule has 0 saturated heterocycles. The van der Waals surface area contributed by atoms with Crippen LogP contribution in [-0.2, 0) is 0 Å². The van der Waals surface area contributed by atoms with Crippen molar-refractivity contribution in [3.8, 4) is 0 Å². The summed E-state index contributed by atoms with van der Waals surface area (Å²) in [6.07, 6.45) is 10.1. The average Bonchev–Trinajstić information content (AvgIpc) is 2.13. The van der Waals surface area contributed by atoms with E-state index in [-0.39, 0.29) is 7.92 Å². The van der Waals surface area contributed by atoms with Gasteiger partial charge in [-0.1, -0.05) is 37.8 Å². The topological polar surface area (TPSA) is 0 Å². The summed E-state index contributed by atoms with van der Waals surface area (Å²) in [7, 11) is 0.111. The van der Waals surface area contributed by atoms with E-state index in [1.54, 1.807) is 5.31 Å². The monoisotopic (exact) mass is 166 g/mol. The summed E-state index contributed by atoms with van der Waals surface area (Å²) in [5.74, 6) is 0. The first-order chi connectivity index (χ1) is 5.20. The van der Waals surface area contributed by atoms with Gasteiger partial charge in [-0.15, -0.1) is 0 Å². The summed E-state index contributed by atoms with van der Waals surface area (Å²) >= 11 is 0. The van der Waals surface area contributed by atoms with Crippen LogP contribution in [0.2, 0.25) is 0 Å². The molecule has 0 fully saturated rings. The van der Waals surface area contributed by atoms with Crippen LogP contribution >= 0.6 is 7.92 Å². The Hall–Kier alpha value is -0.350. The molecule has 0 amide bonds. The molecule has 1 aliphatic rings. The molecule has 0 nitrogen and oxygen atoms in total. The predicted octanol–water partition coefficient (Wildman–Crippen LogP) is 3.52. The quantitative estimate of drug-likeness (QED) is 0.523. The fourth-order valence-electron chi connectivity index (χ4n) is 1.05. The van der Waals surface area contributed by atoms with Crippen LogP contribution in [0, 0.1) is 0 Å². The molecule has 0 aliphatic heterocycles. The van der Waals surface area contributed by atoms with E-state index in [1.807, 2.05) is 0 Å². The first-order valence-corrected chi connectivity index (χ1v) is 6.15. The van der Waals surface area contributed by atoms with Gasteiger partial charge >= 0.3 is 0 Å². The van der Waals surface area contributed by atoms with Crippen molar-refractivity contribution in [2.75, 3.05) is 13.3 Å². The Morgan fingerprint density at radius 1 is 1.27 bits per heavy atom. The molecule has 0 aromatic carbocycles. The minimum absolute atomic E-state index is 0.111. The highest BCUT2D eigenvalue weighted by Crippen LogP contribution is 2.39. The maximum absolute atomic E-state index is 2.31. The fourth-order valence-corrected chi connectivity index (χ4v) is 1.89. The molecule has 60 valence electrons. The normalized spacial score (nSPS) is 17.8. The van der Waals surface area contributed by atoms with E-state index >= 15 is 0 Å². The lowest BCUT2D eigenvalue weighted by Crippen LogP contribution is -1.75. The number of hydrogen-bond acceptors (Lipinski definition) is 0. The highest BCUT2D eigenvalue weighted by molar-refractivity contribution is 7.60. The second-order valence-corrected chi connectivity index (χ2v) is 5.43. The van der Waals surface area contributed by atoms with E-state index in [0.29, 0.717) is 0 Å². The van der Waals surface area contributed by atoms with E-state index in [1.165, 1.54) is 5.57 Å². The Kier molecular flexibility index (Phi) is 3.08. The summed E-state index contributed by atoms with van der Waals surface area (Å²) in [6.45, 7) is 6.76. The predicted molar refractivity (Wildman–Crippen MR) is 54.4 cm³/mol. The third kappa shape index (κ3) is 2.63. The van der Waals surface area contributed by atoms with Crippen molar-refractivity contribution in [3.63, 3.8) is 0 Å². The second-order valence-electron chi connectivity index (χ2n) is 3.07. The smallest absolute Gasteiger partial charge is 0.00900 e. The van der Waals surface area contributed by atoms with Crippen molar-refractivity contribution < 1.29 is 0 Å². The van der Waals surface area contributed by atoms with Crippen molar-refractivity contribution in [2.45, 2.75) is 13.3 Å². The van der Waals surface area contributed by atoms with Crippen molar-refractivity contribution in [3.05, 3.63) is 35.2 Å². The highest BCUT2D eigenvalue weighted by atomic mass is 31.1. The van der Waals surface area contributed by atoms with Gasteiger partial charge in [-0.2, -0.15) is 0 Å². The van der Waals surface area contributed by atoms with Crippen molar-refractivity contribution in [1.29, 1.82) is 0 Å². The molecule has 1 heteroatoms. The maximum atomic E-state index is 2.31. The Morgan fingerprint density at radius 2 is 2.00 bits per heavy atom. The SMILES string of the molecule is CC1=CC=C(P(C)C)CC=C1. The minimum Gasteiger partial charge on any atom is -0.0858 e. The Bertz CT molecular complexity index is 219. The van der Waals surface area contributed by atoms with Gasteiger partial charge in [0.25, 0.3) is 0 Å². The zero-order valence-electron chi connectivity index (χ0n) is 7.46. The van der Waals surface area contributed by atoms with Crippen molar-refractivity contribution in [1.82, 2.24) is 0 Å². The van der Waals surface area contributed by atoms with Crippen LogP contribution in [-0.4, -0.2) is 13.3 Å². The Morgan fingerprint density at radius 3 is 2.64 bits per heavy atom. The molecular formula is C10H15P. The lowest BCUT2D eigenvalue weighted by atomic mass is 10.3. The van der Waals surface area contributed by atoms with E-state index in [0.717, 1.165) is 6.42 Å². The van der Waals surface area contributed by atoms with Crippen LogP contribution in [0.4, 0.5) is 0 Å². The summed E-state index contributed by atoms with van der Waals surface area (Å²) in [5, 5.41) is 1.59. The van der Waals surface area contributed by atoms with Crippen LogP contribution in [0.1, 0.15) is 13.3 Å². The second kappa shape index (κ2) is 3.88. The van der Waals surface area contributed by atoms with Crippen LogP contribution in [0.15, 0.2) is 35.2 Å². The molecule has 0 heterocycles. The Labute approximate surface area is 70.4 Å². The molecule has 0 bridgehead atoms. The summed E-state index contributed by atoms with van der Waals surface area (Å²) in [6, 6.07) is 0. The summed E-state index contributed by atoms with van der Waals surface area (Å²) in [5.41, 5.74) is 1.36. The van der Waals surface area contributed by atoms with Gasteiger partial charge in [-0.25, -0.2) is 0 Å². The number of rotatable bonds is 1. The molecule has 0 N–H and O–H groups in total. The zero-order valence-corrected chi connectivity index (χ0v) is 8.36. The number of allylic oxidation sites excluding steroid dienone is 6. The minimum atomic E-state index is 0.111. The standard InChI is InChI=1S/C10H15P/c1-9-5-4-6-10(8-7-9)11(2)3/h4-5,7-8H,6H2,1-3H3. The first-order valence-electron chi connectivity index (χ1n) is 3.91. The van der Waals surface area contributed by atoms with Gasteiger partial charge in [0, 0.05) is 0 Å². The molecule has 11 heavy (non-hydrogen) atoms. The van der Waals surface area contributed by atoms with E-state index < -0.39 is 0 Å². The molecule has 0 aromatic heterocycles. The van der Waals surface area contributed by atoms with Gasteiger partial charge in [0.05, 0.1) is 0 Å². The van der Waals surface area contributed by atoms with Crippen molar-refractivity contribution >= 4 is 7.92 Å². The fraction of sp³-hybridized carbons (Fsp3) is 0.400. The third-order valence-electron chi connectivity index (χ3n) is 1.82. The molecule has 1 rings (SSSR count). The average molecular weight is 166 g/mol. The van der Waals surface area contributed by atoms with Gasteiger partial charge in [0.15, 0.2) is 0 Å². The molecule has 0 radical (unpaired) electrons. The van der Waals surface area contributed by atoms with Gasteiger partial charge in [-0.05, 0) is 32.0 Å². The largest absolute Gasteiger partial charge is 0.0858 e. The van der Waals surface area contributed by atoms with Crippen LogP contribution in [0.3, 0.4) is 0 Å². The summed E-state index contributed by atoms with van der Waals surface area (Å²) in [4.78, 5) is 0. The van der Waals surface area contributed by atoms with Gasteiger partial charge in [-0.3, -0.25) is 0 Å². The summed E-state index contributed by atoms with van der Waals surface area (Å²) < 4.78 is 0. The van der Waals surface area contributed by atoms with Crippen LogP contribution in [0.25, 0.3) is 0 Å². The molecule has 0 saturated carbocycles. The molecule has 0 aromatic rings. The molecule has 0 atom stereocenters. The van der Waals surface area contributed by atoms with Crippen LogP contribution < -0.4 is 0 Å². The Balaban J connectivity index is 2.78. The maximum Gasteiger partial charge on any atom is -0.00900 e. The van der Waals surface area contributed by atoms with E-state index in [9.17, 15) is 0 Å². The zero-order chi connectivity index (χ0) is 8.27.